The van der Waals surface area contributed by atoms with Crippen LogP contribution >= 0.6 is 0 Å². The molecule has 0 fully saturated rings. The molecule has 20 heavy (non-hydrogen) atoms. The van der Waals surface area contributed by atoms with Crippen molar-refractivity contribution in [1.82, 2.24) is 19.7 Å². The van der Waals surface area contributed by atoms with Gasteiger partial charge < -0.3 is 10.4 Å². The molecule has 0 aliphatic carbocycles. The number of hydrogen-bond donors (Lipinski definition) is 2. The lowest BCUT2D eigenvalue weighted by molar-refractivity contribution is -0.198. The molecule has 6 nitrogen and oxygen atoms in total. The summed E-state index contributed by atoms with van der Waals surface area (Å²) in [5.41, 5.74) is 1.13. The first kappa shape index (κ1) is 14.5. The third-order valence-electron chi connectivity index (χ3n) is 2.81. The Labute approximate surface area is 112 Å². The molecule has 2 heterocycles. The summed E-state index contributed by atoms with van der Waals surface area (Å²) < 4.78 is 38.4. The SMILES string of the molecule is Cc1nc(NC[C@H](O)C(F)(F)F)c2c(C)nn(C)c2n1. The van der Waals surface area contributed by atoms with Crippen LogP contribution in [0.5, 0.6) is 0 Å². The lowest BCUT2D eigenvalue weighted by atomic mass is 10.2. The molecule has 0 aliphatic rings. The number of fused-ring (bicyclic) bond motifs is 1. The van der Waals surface area contributed by atoms with E-state index in [0.29, 0.717) is 22.6 Å². The monoisotopic (exact) mass is 289 g/mol. The van der Waals surface area contributed by atoms with Crippen LogP contribution in [-0.2, 0) is 7.05 Å². The highest BCUT2D eigenvalue weighted by molar-refractivity contribution is 5.89. The minimum absolute atomic E-state index is 0.237. The van der Waals surface area contributed by atoms with Gasteiger partial charge in [-0.2, -0.15) is 18.3 Å². The summed E-state index contributed by atoms with van der Waals surface area (Å²) in [7, 11) is 1.69. The van der Waals surface area contributed by atoms with E-state index in [2.05, 4.69) is 20.4 Å². The van der Waals surface area contributed by atoms with Gasteiger partial charge in [0.15, 0.2) is 11.8 Å². The molecule has 2 N–H and O–H groups in total. The van der Waals surface area contributed by atoms with Crippen LogP contribution in [-0.4, -0.2) is 43.7 Å². The first-order chi connectivity index (χ1) is 9.20. The van der Waals surface area contributed by atoms with Gasteiger partial charge in [-0.3, -0.25) is 4.68 Å². The largest absolute Gasteiger partial charge is 0.416 e. The second-order valence-electron chi connectivity index (χ2n) is 4.47. The molecule has 0 spiro atoms. The minimum atomic E-state index is -4.67. The van der Waals surface area contributed by atoms with Gasteiger partial charge in [0.05, 0.1) is 17.6 Å². The Kier molecular flexibility index (Phi) is 3.55. The molecule has 0 radical (unpaired) electrons. The number of nitrogens with zero attached hydrogens (tertiary/aromatic N) is 4. The molecular weight excluding hydrogens is 275 g/mol. The Bertz CT molecular complexity index is 637. The molecule has 1 atom stereocenters. The minimum Gasteiger partial charge on any atom is -0.382 e. The van der Waals surface area contributed by atoms with E-state index in [9.17, 15) is 13.2 Å². The molecule has 0 aliphatic heterocycles. The summed E-state index contributed by atoms with van der Waals surface area (Å²) in [4.78, 5) is 8.27. The van der Waals surface area contributed by atoms with Crippen molar-refractivity contribution in [2.45, 2.75) is 26.1 Å². The number of aromatic nitrogens is 4. The van der Waals surface area contributed by atoms with Gasteiger partial charge in [-0.15, -0.1) is 0 Å². The lowest BCUT2D eigenvalue weighted by Crippen LogP contribution is -2.35. The maximum absolute atomic E-state index is 12.3. The van der Waals surface area contributed by atoms with Crippen molar-refractivity contribution in [1.29, 1.82) is 0 Å². The number of nitrogens with one attached hydrogen (secondary N) is 1. The number of anilines is 1. The highest BCUT2D eigenvalue weighted by Crippen LogP contribution is 2.25. The van der Waals surface area contributed by atoms with E-state index < -0.39 is 18.8 Å². The second-order valence-corrected chi connectivity index (χ2v) is 4.47. The lowest BCUT2D eigenvalue weighted by Gasteiger charge is -2.16. The molecular formula is C11H14F3N5O. The van der Waals surface area contributed by atoms with Gasteiger partial charge in [0, 0.05) is 7.05 Å². The molecule has 0 saturated carbocycles. The zero-order chi connectivity index (χ0) is 15.1. The van der Waals surface area contributed by atoms with E-state index in [1.165, 1.54) is 4.68 Å². The summed E-state index contributed by atoms with van der Waals surface area (Å²) in [6.07, 6.45) is -7.12. The van der Waals surface area contributed by atoms with Gasteiger partial charge in [0.1, 0.15) is 11.6 Å². The fourth-order valence-electron chi connectivity index (χ4n) is 1.88. The Morgan fingerprint density at radius 2 is 1.95 bits per heavy atom. The van der Waals surface area contributed by atoms with E-state index in [-0.39, 0.29) is 5.82 Å². The maximum atomic E-state index is 12.3. The predicted molar refractivity (Wildman–Crippen MR) is 66.3 cm³/mol. The van der Waals surface area contributed by atoms with Crippen molar-refractivity contribution >= 4 is 16.9 Å². The van der Waals surface area contributed by atoms with Crippen LogP contribution in [0.4, 0.5) is 19.0 Å². The van der Waals surface area contributed by atoms with Crippen LogP contribution in [0, 0.1) is 13.8 Å². The number of aliphatic hydroxyl groups is 1. The maximum Gasteiger partial charge on any atom is 0.416 e. The normalized spacial score (nSPS) is 13.8. The number of halogens is 3. The Balaban J connectivity index is 2.35. The molecule has 0 saturated heterocycles. The van der Waals surface area contributed by atoms with Crippen molar-refractivity contribution in [3.8, 4) is 0 Å². The van der Waals surface area contributed by atoms with E-state index in [1.807, 2.05) is 0 Å². The topological polar surface area (TPSA) is 75.9 Å². The predicted octanol–water partition coefficient (Wildman–Crippen LogP) is 1.32. The van der Waals surface area contributed by atoms with Crippen molar-refractivity contribution in [3.05, 3.63) is 11.5 Å². The van der Waals surface area contributed by atoms with Crippen molar-refractivity contribution in [2.24, 2.45) is 7.05 Å². The Morgan fingerprint density at radius 1 is 1.30 bits per heavy atom. The van der Waals surface area contributed by atoms with Gasteiger partial charge in [-0.1, -0.05) is 0 Å². The number of aryl methyl sites for hydroxylation is 3. The Morgan fingerprint density at radius 3 is 2.55 bits per heavy atom. The molecule has 2 aromatic heterocycles. The quantitative estimate of drug-likeness (QED) is 0.891. The van der Waals surface area contributed by atoms with Gasteiger partial charge in [-0.05, 0) is 13.8 Å². The van der Waals surface area contributed by atoms with E-state index in [1.54, 1.807) is 20.9 Å². The zero-order valence-electron chi connectivity index (χ0n) is 11.2. The molecule has 0 unspecified atom stereocenters. The van der Waals surface area contributed by atoms with Gasteiger partial charge in [0.2, 0.25) is 0 Å². The van der Waals surface area contributed by atoms with Crippen LogP contribution in [0.3, 0.4) is 0 Å². The number of aliphatic hydroxyl groups excluding tert-OH is 1. The number of alkyl halides is 3. The third kappa shape index (κ3) is 2.67. The average Bonchev–Trinajstić information content (AvgIpc) is 2.60. The summed E-state index contributed by atoms with van der Waals surface area (Å²) in [5, 5.41) is 16.2. The summed E-state index contributed by atoms with van der Waals surface area (Å²) >= 11 is 0. The molecule has 0 amide bonds. The number of rotatable bonds is 3. The van der Waals surface area contributed by atoms with Crippen molar-refractivity contribution in [2.75, 3.05) is 11.9 Å². The van der Waals surface area contributed by atoms with E-state index in [0.717, 1.165) is 0 Å². The van der Waals surface area contributed by atoms with Crippen molar-refractivity contribution < 1.29 is 18.3 Å². The van der Waals surface area contributed by atoms with Crippen LogP contribution in [0.2, 0.25) is 0 Å². The zero-order valence-corrected chi connectivity index (χ0v) is 11.2. The molecule has 0 aromatic carbocycles. The number of hydrogen-bond acceptors (Lipinski definition) is 5. The summed E-state index contributed by atoms with van der Waals surface area (Å²) in [5.74, 6) is 0.644. The van der Waals surface area contributed by atoms with E-state index in [4.69, 9.17) is 5.11 Å². The Hall–Kier alpha value is -1.90. The van der Waals surface area contributed by atoms with Crippen LogP contribution in [0.25, 0.3) is 11.0 Å². The van der Waals surface area contributed by atoms with Gasteiger partial charge in [0.25, 0.3) is 0 Å². The first-order valence-electron chi connectivity index (χ1n) is 5.86. The molecule has 2 aromatic rings. The molecule has 0 bridgehead atoms. The molecule has 110 valence electrons. The van der Waals surface area contributed by atoms with Gasteiger partial charge >= 0.3 is 6.18 Å². The standard InChI is InChI=1S/C11H14F3N5O/c1-5-8-9(15-4-7(20)11(12,13)14)16-6(2)17-10(8)19(3)18-5/h7,20H,4H2,1-3H3,(H,15,16,17)/t7-/m0/s1. The highest BCUT2D eigenvalue weighted by atomic mass is 19.4. The second kappa shape index (κ2) is 4.89. The van der Waals surface area contributed by atoms with Crippen LogP contribution in [0.15, 0.2) is 0 Å². The van der Waals surface area contributed by atoms with Gasteiger partial charge in [-0.25, -0.2) is 9.97 Å². The first-order valence-corrected chi connectivity index (χ1v) is 5.86. The third-order valence-corrected chi connectivity index (χ3v) is 2.81. The average molecular weight is 289 g/mol. The fraction of sp³-hybridized carbons (Fsp3) is 0.545. The fourth-order valence-corrected chi connectivity index (χ4v) is 1.88. The summed E-state index contributed by atoms with van der Waals surface area (Å²) in [6.45, 7) is 2.67. The highest BCUT2D eigenvalue weighted by Gasteiger charge is 2.38. The van der Waals surface area contributed by atoms with E-state index >= 15 is 0 Å². The molecule has 2 rings (SSSR count). The van der Waals surface area contributed by atoms with Crippen LogP contribution in [0.1, 0.15) is 11.5 Å². The van der Waals surface area contributed by atoms with Crippen molar-refractivity contribution in [3.63, 3.8) is 0 Å². The molecule has 9 heteroatoms. The smallest absolute Gasteiger partial charge is 0.382 e. The van der Waals surface area contributed by atoms with Crippen LogP contribution < -0.4 is 5.32 Å². The summed E-state index contributed by atoms with van der Waals surface area (Å²) in [6, 6.07) is 0.